The zero-order valence-corrected chi connectivity index (χ0v) is 14.1. The summed E-state index contributed by atoms with van der Waals surface area (Å²) in [6.07, 6.45) is 1.82. The molecule has 2 N–H and O–H groups in total. The van der Waals surface area contributed by atoms with Crippen LogP contribution in [0.1, 0.15) is 31.2 Å². The van der Waals surface area contributed by atoms with Crippen LogP contribution in [0.5, 0.6) is 0 Å². The quantitative estimate of drug-likeness (QED) is 0.890. The molecule has 0 bridgehead atoms. The Hall–Kier alpha value is -1.88. The number of anilines is 1. The van der Waals surface area contributed by atoms with Crippen LogP contribution in [0.2, 0.25) is 0 Å². The van der Waals surface area contributed by atoms with Gasteiger partial charge in [-0.05, 0) is 49.4 Å². The average Bonchev–Trinajstić information content (AvgIpc) is 2.88. The summed E-state index contributed by atoms with van der Waals surface area (Å²) < 4.78 is 0. The summed E-state index contributed by atoms with van der Waals surface area (Å²) in [5.41, 5.74) is 2.08. The Bertz CT molecular complexity index is 648. The molecule has 1 aromatic rings. The number of para-hydroxylation sites is 1. The Morgan fingerprint density at radius 1 is 1.21 bits per heavy atom. The van der Waals surface area contributed by atoms with E-state index in [0.717, 1.165) is 50.3 Å². The second kappa shape index (κ2) is 6.20. The van der Waals surface area contributed by atoms with E-state index in [4.69, 9.17) is 0 Å². The van der Waals surface area contributed by atoms with Crippen LogP contribution in [0, 0.1) is 17.8 Å². The van der Waals surface area contributed by atoms with E-state index < -0.39 is 0 Å². The minimum absolute atomic E-state index is 0.0493. The molecule has 2 fully saturated rings. The minimum atomic E-state index is -0.0493. The van der Waals surface area contributed by atoms with Crippen LogP contribution in [0.15, 0.2) is 24.3 Å². The zero-order valence-electron chi connectivity index (χ0n) is 14.1. The van der Waals surface area contributed by atoms with Crippen molar-refractivity contribution in [2.24, 2.45) is 17.8 Å². The van der Waals surface area contributed by atoms with Gasteiger partial charge in [0.05, 0.1) is 5.92 Å². The van der Waals surface area contributed by atoms with E-state index in [2.05, 4.69) is 23.6 Å². The van der Waals surface area contributed by atoms with Crippen LogP contribution in [0.3, 0.4) is 0 Å². The zero-order chi connectivity index (χ0) is 16.7. The molecule has 3 aliphatic heterocycles. The smallest absolute Gasteiger partial charge is 0.232 e. The van der Waals surface area contributed by atoms with Crippen molar-refractivity contribution in [3.05, 3.63) is 29.8 Å². The first-order valence-electron chi connectivity index (χ1n) is 9.04. The van der Waals surface area contributed by atoms with Crippen LogP contribution < -0.4 is 10.6 Å². The molecule has 0 aliphatic carbocycles. The molecule has 5 heteroatoms. The van der Waals surface area contributed by atoms with Crippen molar-refractivity contribution in [2.75, 3.05) is 31.5 Å². The highest BCUT2D eigenvalue weighted by atomic mass is 16.2. The summed E-state index contributed by atoms with van der Waals surface area (Å²) in [6, 6.07) is 7.99. The molecule has 0 saturated carbocycles. The van der Waals surface area contributed by atoms with Crippen LogP contribution in [-0.2, 0) is 9.59 Å². The molecule has 2 amide bonds. The van der Waals surface area contributed by atoms with E-state index in [1.54, 1.807) is 0 Å². The number of carbonyl (C=O) groups excluding carboxylic acids is 2. The first-order chi connectivity index (χ1) is 11.6. The first-order valence-corrected chi connectivity index (χ1v) is 9.04. The molecule has 128 valence electrons. The Labute approximate surface area is 142 Å². The van der Waals surface area contributed by atoms with Crippen molar-refractivity contribution >= 4 is 17.5 Å². The van der Waals surface area contributed by atoms with Gasteiger partial charge in [-0.3, -0.25) is 9.59 Å². The highest BCUT2D eigenvalue weighted by Gasteiger charge is 2.39. The fourth-order valence-corrected chi connectivity index (χ4v) is 4.31. The van der Waals surface area contributed by atoms with E-state index in [1.807, 2.05) is 23.1 Å². The van der Waals surface area contributed by atoms with E-state index in [-0.39, 0.29) is 23.7 Å². The number of hydrogen-bond donors (Lipinski definition) is 2. The highest BCUT2D eigenvalue weighted by Crippen LogP contribution is 2.41. The van der Waals surface area contributed by atoms with Gasteiger partial charge in [-0.25, -0.2) is 0 Å². The maximum absolute atomic E-state index is 12.6. The molecule has 1 aromatic carbocycles. The van der Waals surface area contributed by atoms with E-state index in [1.165, 1.54) is 0 Å². The molecule has 2 atom stereocenters. The van der Waals surface area contributed by atoms with Gasteiger partial charge in [0.1, 0.15) is 0 Å². The third-order valence-electron chi connectivity index (χ3n) is 6.07. The molecular weight excluding hydrogens is 302 g/mol. The molecule has 4 rings (SSSR count). The molecule has 2 unspecified atom stereocenters. The fourth-order valence-electron chi connectivity index (χ4n) is 4.31. The topological polar surface area (TPSA) is 61.4 Å². The van der Waals surface area contributed by atoms with Crippen molar-refractivity contribution in [3.63, 3.8) is 0 Å². The number of fused-ring (bicyclic) bond motifs is 1. The largest absolute Gasteiger partial charge is 0.342 e. The number of likely N-dealkylation sites (tertiary alicyclic amines) is 1. The normalized spacial score (nSPS) is 25.8. The molecule has 3 heterocycles. The summed E-state index contributed by atoms with van der Waals surface area (Å²) in [5.74, 6) is 1.29. The van der Waals surface area contributed by atoms with Gasteiger partial charge in [-0.1, -0.05) is 25.1 Å². The summed E-state index contributed by atoms with van der Waals surface area (Å²) in [5, 5.41) is 6.24. The van der Waals surface area contributed by atoms with Gasteiger partial charge in [0.25, 0.3) is 0 Å². The predicted octanol–water partition coefficient (Wildman–Crippen LogP) is 1.82. The second-order valence-corrected chi connectivity index (χ2v) is 7.42. The lowest BCUT2D eigenvalue weighted by molar-refractivity contribution is -0.139. The molecule has 24 heavy (non-hydrogen) atoms. The lowest BCUT2D eigenvalue weighted by Gasteiger charge is -2.39. The maximum Gasteiger partial charge on any atom is 0.232 e. The van der Waals surface area contributed by atoms with Crippen molar-refractivity contribution in [1.29, 1.82) is 0 Å². The molecule has 2 saturated heterocycles. The van der Waals surface area contributed by atoms with Gasteiger partial charge in [0, 0.05) is 24.7 Å². The summed E-state index contributed by atoms with van der Waals surface area (Å²) in [4.78, 5) is 27.0. The SMILES string of the molecule is CC(C(=O)N1CCC(C2C(=O)Nc3ccccc32)CC1)C1CNC1. The Morgan fingerprint density at radius 3 is 2.58 bits per heavy atom. The second-order valence-electron chi connectivity index (χ2n) is 7.42. The maximum atomic E-state index is 12.6. The lowest BCUT2D eigenvalue weighted by Crippen LogP contribution is -2.51. The van der Waals surface area contributed by atoms with E-state index in [9.17, 15) is 9.59 Å². The van der Waals surface area contributed by atoms with Crippen LogP contribution >= 0.6 is 0 Å². The van der Waals surface area contributed by atoms with Crippen LogP contribution in [0.25, 0.3) is 0 Å². The molecule has 5 nitrogen and oxygen atoms in total. The lowest BCUT2D eigenvalue weighted by atomic mass is 9.80. The highest BCUT2D eigenvalue weighted by molar-refractivity contribution is 6.03. The van der Waals surface area contributed by atoms with E-state index in [0.29, 0.717) is 11.8 Å². The van der Waals surface area contributed by atoms with Gasteiger partial charge in [-0.2, -0.15) is 0 Å². The molecular formula is C19H25N3O2. The molecule has 3 aliphatic rings. The molecule has 0 radical (unpaired) electrons. The van der Waals surface area contributed by atoms with Crippen molar-refractivity contribution in [1.82, 2.24) is 10.2 Å². The van der Waals surface area contributed by atoms with Gasteiger partial charge < -0.3 is 15.5 Å². The number of hydrogen-bond acceptors (Lipinski definition) is 3. The fraction of sp³-hybridized carbons (Fsp3) is 0.579. The number of benzene rings is 1. The number of piperidine rings is 1. The van der Waals surface area contributed by atoms with Gasteiger partial charge in [-0.15, -0.1) is 0 Å². The minimum Gasteiger partial charge on any atom is -0.342 e. The van der Waals surface area contributed by atoms with Crippen molar-refractivity contribution < 1.29 is 9.59 Å². The third-order valence-corrected chi connectivity index (χ3v) is 6.07. The predicted molar refractivity (Wildman–Crippen MR) is 92.6 cm³/mol. The number of amides is 2. The summed E-state index contributed by atoms with van der Waals surface area (Å²) >= 11 is 0. The average molecular weight is 327 g/mol. The van der Waals surface area contributed by atoms with Crippen LogP contribution in [0.4, 0.5) is 5.69 Å². The van der Waals surface area contributed by atoms with Crippen molar-refractivity contribution in [3.8, 4) is 0 Å². The summed E-state index contributed by atoms with van der Waals surface area (Å²) in [7, 11) is 0. The summed E-state index contributed by atoms with van der Waals surface area (Å²) in [6.45, 7) is 5.53. The van der Waals surface area contributed by atoms with Crippen molar-refractivity contribution in [2.45, 2.75) is 25.7 Å². The third kappa shape index (κ3) is 2.61. The molecule has 0 aromatic heterocycles. The number of nitrogens with zero attached hydrogens (tertiary/aromatic N) is 1. The molecule has 0 spiro atoms. The Balaban J connectivity index is 1.39. The first kappa shape index (κ1) is 15.6. The van der Waals surface area contributed by atoms with Crippen LogP contribution in [-0.4, -0.2) is 42.9 Å². The Morgan fingerprint density at radius 2 is 1.92 bits per heavy atom. The standard InChI is InChI=1S/C19H25N3O2/c1-12(14-10-20-11-14)19(24)22-8-6-13(7-9-22)17-15-4-2-3-5-16(15)21-18(17)23/h2-5,12-14,17,20H,6-11H2,1H3,(H,21,23). The number of carbonyl (C=O) groups is 2. The number of nitrogens with one attached hydrogen (secondary N) is 2. The van der Waals surface area contributed by atoms with Gasteiger partial charge >= 0.3 is 0 Å². The Kier molecular flexibility index (Phi) is 4.04. The number of rotatable bonds is 3. The monoisotopic (exact) mass is 327 g/mol. The van der Waals surface area contributed by atoms with E-state index >= 15 is 0 Å². The van der Waals surface area contributed by atoms with Gasteiger partial charge in [0.15, 0.2) is 0 Å². The van der Waals surface area contributed by atoms with Gasteiger partial charge in [0.2, 0.25) is 11.8 Å².